The molecule has 0 unspecified atom stereocenters. The number of rotatable bonds is 5. The molecule has 1 aromatic carbocycles. The number of nitrogens with one attached hydrogen (secondary N) is 1. The third kappa shape index (κ3) is 4.73. The first-order valence-corrected chi connectivity index (χ1v) is 10.0. The molecule has 27 heavy (non-hydrogen) atoms. The van der Waals surface area contributed by atoms with Crippen molar-refractivity contribution in [3.8, 4) is 0 Å². The van der Waals surface area contributed by atoms with Gasteiger partial charge in [0.1, 0.15) is 5.00 Å². The first-order valence-electron chi connectivity index (χ1n) is 8.84. The van der Waals surface area contributed by atoms with Crippen molar-refractivity contribution in [2.75, 3.05) is 24.2 Å². The van der Waals surface area contributed by atoms with Crippen molar-refractivity contribution >= 4 is 45.6 Å². The van der Waals surface area contributed by atoms with Gasteiger partial charge in [0.05, 0.1) is 18.8 Å². The van der Waals surface area contributed by atoms with Gasteiger partial charge in [-0.15, -0.1) is 11.3 Å². The highest BCUT2D eigenvalue weighted by molar-refractivity contribution is 7.17. The van der Waals surface area contributed by atoms with E-state index in [1.807, 2.05) is 24.3 Å². The van der Waals surface area contributed by atoms with E-state index >= 15 is 0 Å². The molecule has 2 amide bonds. The summed E-state index contributed by atoms with van der Waals surface area (Å²) >= 11 is 7.40. The van der Waals surface area contributed by atoms with Gasteiger partial charge in [-0.2, -0.15) is 0 Å². The van der Waals surface area contributed by atoms with E-state index in [1.54, 1.807) is 11.8 Å². The fraction of sp³-hybridized carbons (Fsp3) is 0.368. The number of nitrogen functional groups attached to an aromatic ring is 1. The number of nitrogens with zero attached hydrogens (tertiary/aromatic N) is 1. The van der Waals surface area contributed by atoms with Gasteiger partial charge in [-0.3, -0.25) is 4.79 Å². The molecule has 1 aliphatic heterocycles. The molecule has 0 radical (unpaired) electrons. The predicted octanol–water partition coefficient (Wildman–Crippen LogP) is 4.07. The van der Waals surface area contributed by atoms with Gasteiger partial charge in [0.15, 0.2) is 0 Å². The Morgan fingerprint density at radius 2 is 2.22 bits per heavy atom. The lowest BCUT2D eigenvalue weighted by molar-refractivity contribution is -0.116. The van der Waals surface area contributed by atoms with Crippen LogP contribution in [-0.4, -0.2) is 30.1 Å². The Balaban J connectivity index is 1.61. The molecule has 0 fully saturated rings. The van der Waals surface area contributed by atoms with Crippen molar-refractivity contribution in [3.05, 3.63) is 45.3 Å². The number of fused-ring (bicyclic) bond motifs is 1. The normalized spacial score (nSPS) is 13.2. The van der Waals surface area contributed by atoms with E-state index in [0.29, 0.717) is 54.7 Å². The van der Waals surface area contributed by atoms with E-state index in [2.05, 4.69) is 5.32 Å². The highest BCUT2D eigenvalue weighted by Gasteiger charge is 2.27. The lowest BCUT2D eigenvalue weighted by Crippen LogP contribution is -2.35. The average molecular weight is 408 g/mol. The van der Waals surface area contributed by atoms with Gasteiger partial charge in [0.2, 0.25) is 5.91 Å². The summed E-state index contributed by atoms with van der Waals surface area (Å²) in [5.74, 6) is -0.0949. The van der Waals surface area contributed by atoms with Crippen LogP contribution in [-0.2, 0) is 28.9 Å². The van der Waals surface area contributed by atoms with E-state index in [1.165, 1.54) is 11.3 Å². The van der Waals surface area contributed by atoms with Crippen LogP contribution in [0.2, 0.25) is 5.02 Å². The minimum absolute atomic E-state index is 0.0949. The maximum atomic E-state index is 12.3. The topological polar surface area (TPSA) is 84.7 Å². The highest BCUT2D eigenvalue weighted by atomic mass is 35.5. The average Bonchev–Trinajstić information content (AvgIpc) is 2.95. The number of hydrogen-bond donors (Lipinski definition) is 2. The number of carbonyl (C=O) groups excluding carboxylic acids is 2. The zero-order valence-corrected chi connectivity index (χ0v) is 16.7. The Labute approximate surface area is 167 Å². The van der Waals surface area contributed by atoms with E-state index in [9.17, 15) is 9.59 Å². The summed E-state index contributed by atoms with van der Waals surface area (Å²) < 4.78 is 5.06. The van der Waals surface area contributed by atoms with Crippen LogP contribution in [0.15, 0.2) is 24.3 Å². The zero-order valence-electron chi connectivity index (χ0n) is 15.1. The smallest absolute Gasteiger partial charge is 0.410 e. The Kier molecular flexibility index (Phi) is 6.23. The molecule has 0 saturated carbocycles. The van der Waals surface area contributed by atoms with Crippen LogP contribution in [0.3, 0.4) is 0 Å². The standard InChI is InChI=1S/C19H22ClN3O3S/c1-2-26-19(25)23-9-8-14-15(11-23)27-18(17(14)21)22-16(24)7-6-12-4-3-5-13(20)10-12/h3-5,10H,2,6-9,11,21H2,1H3,(H,22,24). The predicted molar refractivity (Wildman–Crippen MR) is 108 cm³/mol. The Morgan fingerprint density at radius 3 is 2.96 bits per heavy atom. The summed E-state index contributed by atoms with van der Waals surface area (Å²) in [4.78, 5) is 26.9. The number of thiophene rings is 1. The summed E-state index contributed by atoms with van der Waals surface area (Å²) in [6.07, 6.45) is 1.29. The molecular formula is C19H22ClN3O3S. The molecule has 0 atom stereocenters. The van der Waals surface area contributed by atoms with Gasteiger partial charge in [-0.05, 0) is 43.0 Å². The second kappa shape index (κ2) is 8.63. The minimum Gasteiger partial charge on any atom is -0.450 e. The molecule has 0 bridgehead atoms. The maximum absolute atomic E-state index is 12.3. The molecule has 2 aromatic rings. The van der Waals surface area contributed by atoms with Crippen molar-refractivity contribution < 1.29 is 14.3 Å². The monoisotopic (exact) mass is 407 g/mol. The van der Waals surface area contributed by atoms with Crippen LogP contribution >= 0.6 is 22.9 Å². The highest BCUT2D eigenvalue weighted by Crippen LogP contribution is 2.39. The van der Waals surface area contributed by atoms with E-state index in [4.69, 9.17) is 22.1 Å². The van der Waals surface area contributed by atoms with Gasteiger partial charge in [-0.25, -0.2) is 4.79 Å². The largest absolute Gasteiger partial charge is 0.450 e. The van der Waals surface area contributed by atoms with Crippen LogP contribution in [0.5, 0.6) is 0 Å². The number of amides is 2. The molecule has 3 rings (SSSR count). The zero-order chi connectivity index (χ0) is 19.4. The van der Waals surface area contributed by atoms with Crippen LogP contribution in [0.25, 0.3) is 0 Å². The van der Waals surface area contributed by atoms with Crippen LogP contribution < -0.4 is 11.1 Å². The fourth-order valence-corrected chi connectivity index (χ4v) is 4.44. The minimum atomic E-state index is -0.317. The van der Waals surface area contributed by atoms with Gasteiger partial charge >= 0.3 is 6.09 Å². The number of halogens is 1. The van der Waals surface area contributed by atoms with Gasteiger partial charge in [0.25, 0.3) is 0 Å². The molecule has 6 nitrogen and oxygen atoms in total. The molecule has 3 N–H and O–H groups in total. The van der Waals surface area contributed by atoms with Crippen molar-refractivity contribution in [1.29, 1.82) is 0 Å². The summed E-state index contributed by atoms with van der Waals surface area (Å²) in [5, 5.41) is 4.22. The van der Waals surface area contributed by atoms with Gasteiger partial charge in [-0.1, -0.05) is 23.7 Å². The van der Waals surface area contributed by atoms with Crippen molar-refractivity contribution in [1.82, 2.24) is 4.90 Å². The summed E-state index contributed by atoms with van der Waals surface area (Å²) in [6, 6.07) is 7.48. The quantitative estimate of drug-likeness (QED) is 0.782. The number of nitrogens with two attached hydrogens (primary N) is 1. The van der Waals surface area contributed by atoms with Crippen LogP contribution in [0.4, 0.5) is 15.5 Å². The second-order valence-electron chi connectivity index (χ2n) is 6.30. The Hall–Kier alpha value is -2.25. The molecule has 2 heterocycles. The van der Waals surface area contributed by atoms with Crippen LogP contribution in [0.1, 0.15) is 29.3 Å². The summed E-state index contributed by atoms with van der Waals surface area (Å²) in [7, 11) is 0. The molecular weight excluding hydrogens is 386 g/mol. The first-order chi connectivity index (χ1) is 13.0. The number of ether oxygens (including phenoxy) is 1. The van der Waals surface area contributed by atoms with Crippen molar-refractivity contribution in [2.24, 2.45) is 0 Å². The van der Waals surface area contributed by atoms with E-state index in [0.717, 1.165) is 16.0 Å². The summed E-state index contributed by atoms with van der Waals surface area (Å²) in [5.41, 5.74) is 8.86. The lowest BCUT2D eigenvalue weighted by atomic mass is 10.1. The Bertz CT molecular complexity index is 853. The SMILES string of the molecule is CCOC(=O)N1CCc2c(sc(NC(=O)CCc3cccc(Cl)c3)c2N)C1. The van der Waals surface area contributed by atoms with Gasteiger partial charge in [0, 0.05) is 22.9 Å². The Morgan fingerprint density at radius 1 is 1.41 bits per heavy atom. The van der Waals surface area contributed by atoms with E-state index < -0.39 is 0 Å². The van der Waals surface area contributed by atoms with Crippen molar-refractivity contribution in [3.63, 3.8) is 0 Å². The van der Waals surface area contributed by atoms with Crippen molar-refractivity contribution in [2.45, 2.75) is 32.7 Å². The van der Waals surface area contributed by atoms with Crippen LogP contribution in [0, 0.1) is 0 Å². The van der Waals surface area contributed by atoms with E-state index in [-0.39, 0.29) is 12.0 Å². The fourth-order valence-electron chi connectivity index (χ4n) is 3.03. The number of hydrogen-bond acceptors (Lipinski definition) is 5. The summed E-state index contributed by atoms with van der Waals surface area (Å²) in [6.45, 7) is 3.16. The maximum Gasteiger partial charge on any atom is 0.410 e. The first kappa shape index (κ1) is 19.5. The number of anilines is 2. The van der Waals surface area contributed by atoms with Gasteiger partial charge < -0.3 is 20.7 Å². The molecule has 1 aliphatic rings. The second-order valence-corrected chi connectivity index (χ2v) is 7.84. The molecule has 0 saturated heterocycles. The molecule has 0 spiro atoms. The number of benzene rings is 1. The molecule has 1 aromatic heterocycles. The third-order valence-corrected chi connectivity index (χ3v) is 5.79. The lowest BCUT2D eigenvalue weighted by Gasteiger charge is -2.26. The third-order valence-electron chi connectivity index (χ3n) is 4.41. The molecule has 0 aliphatic carbocycles. The number of aryl methyl sites for hydroxylation is 1. The molecule has 8 heteroatoms. The molecule has 144 valence electrons. The number of carbonyl (C=O) groups is 2.